The summed E-state index contributed by atoms with van der Waals surface area (Å²) >= 11 is 5.19. The molecule has 0 aromatic carbocycles. The lowest BCUT2D eigenvalue weighted by Crippen LogP contribution is -2.45. The highest BCUT2D eigenvalue weighted by Gasteiger charge is 2.58. The Hall–Kier alpha value is -1.66. The summed E-state index contributed by atoms with van der Waals surface area (Å²) in [4.78, 5) is 25.1. The zero-order chi connectivity index (χ0) is 17.6. The van der Waals surface area contributed by atoms with Crippen LogP contribution < -0.4 is 11.2 Å². The number of alkyl halides is 1. The van der Waals surface area contributed by atoms with Crippen LogP contribution in [0.25, 0.3) is 0 Å². The predicted molar refractivity (Wildman–Crippen MR) is 70.5 cm³/mol. The predicted octanol–water partition coefficient (Wildman–Crippen LogP) is -0.996. The number of aromatic amines is 1. The first kappa shape index (κ1) is 13.0. The number of aryl methyl sites for hydroxylation is 1. The number of aliphatic hydroxyl groups excluding tert-OH is 1. The van der Waals surface area contributed by atoms with E-state index >= 15 is 4.39 Å². The van der Waals surface area contributed by atoms with Gasteiger partial charge in [-0.2, -0.15) is 0 Å². The minimum Gasteiger partial charge on any atom is -0.394 e. The number of nitrogens with one attached hydrogen (secondary N) is 1. The highest BCUT2D eigenvalue weighted by molar-refractivity contribution is 6.30. The molecule has 0 aliphatic carbocycles. The molecule has 1 aromatic rings. The number of halogens is 2. The Morgan fingerprint density at radius 3 is 2.90 bits per heavy atom. The number of H-pyrrole nitrogens is 1. The second-order valence-corrected chi connectivity index (χ2v) is 4.61. The van der Waals surface area contributed by atoms with Gasteiger partial charge >= 0.3 is 5.69 Å². The Balaban J connectivity index is 2.67. The molecule has 1 aliphatic heterocycles. The fourth-order valence-electron chi connectivity index (χ4n) is 2.15. The number of hydrogen-bond donors (Lipinski definition) is 3. The van der Waals surface area contributed by atoms with Crippen LogP contribution in [0.2, 0.25) is 0 Å². The van der Waals surface area contributed by atoms with E-state index in [1.165, 1.54) is 6.92 Å². The fourth-order valence-corrected chi connectivity index (χ4v) is 2.29. The SMILES string of the molecule is [2H]C([2H])(O)[C@H]1O[C@@H](n2c(C)cc(=O)[nH]c2=O)[C@@](F)(C#CCl)C1O. The van der Waals surface area contributed by atoms with Crippen molar-refractivity contribution in [1.82, 2.24) is 9.55 Å². The highest BCUT2D eigenvalue weighted by Crippen LogP contribution is 2.41. The molecule has 2 heterocycles. The van der Waals surface area contributed by atoms with Crippen LogP contribution in [-0.2, 0) is 4.74 Å². The van der Waals surface area contributed by atoms with E-state index in [2.05, 4.69) is 0 Å². The van der Waals surface area contributed by atoms with Crippen LogP contribution in [0.3, 0.4) is 0 Å². The molecule has 1 saturated heterocycles. The molecule has 114 valence electrons. The molecule has 9 heteroatoms. The van der Waals surface area contributed by atoms with Crippen LogP contribution in [0.15, 0.2) is 15.7 Å². The lowest BCUT2D eigenvalue weighted by Gasteiger charge is -2.25. The molecular formula is C12H12ClFN2O5. The molecule has 3 N–H and O–H groups in total. The van der Waals surface area contributed by atoms with Crippen molar-refractivity contribution < 1.29 is 22.1 Å². The van der Waals surface area contributed by atoms with Gasteiger partial charge in [0.2, 0.25) is 5.67 Å². The van der Waals surface area contributed by atoms with Gasteiger partial charge in [-0.1, -0.05) is 0 Å². The Morgan fingerprint density at radius 1 is 1.71 bits per heavy atom. The fraction of sp³-hybridized carbons (Fsp3) is 0.500. The van der Waals surface area contributed by atoms with Crippen molar-refractivity contribution in [3.63, 3.8) is 0 Å². The summed E-state index contributed by atoms with van der Waals surface area (Å²) in [6.07, 6.45) is -6.20. The molecule has 1 unspecified atom stereocenters. The molecule has 0 bridgehead atoms. The molecule has 0 saturated carbocycles. The van der Waals surface area contributed by atoms with Gasteiger partial charge in [-0.05, 0) is 24.4 Å². The summed E-state index contributed by atoms with van der Waals surface area (Å²) in [5.41, 5.74) is -4.79. The first-order valence-corrected chi connectivity index (χ1v) is 6.10. The average molecular weight is 321 g/mol. The molecule has 4 atom stereocenters. The third-order valence-corrected chi connectivity index (χ3v) is 3.22. The van der Waals surface area contributed by atoms with Gasteiger partial charge in [0.15, 0.2) is 6.23 Å². The number of rotatable bonds is 2. The van der Waals surface area contributed by atoms with Crippen LogP contribution in [0.1, 0.15) is 14.7 Å². The molecule has 0 spiro atoms. The number of aliphatic hydroxyl groups is 2. The minimum absolute atomic E-state index is 0.0199. The van der Waals surface area contributed by atoms with Gasteiger partial charge in [0.25, 0.3) is 5.56 Å². The molecule has 0 amide bonds. The lowest BCUT2D eigenvalue weighted by molar-refractivity contribution is -0.0552. The summed E-state index contributed by atoms with van der Waals surface area (Å²) in [7, 11) is 0. The quantitative estimate of drug-likeness (QED) is 0.607. The molecule has 7 nitrogen and oxygen atoms in total. The standard InChI is InChI=1S/C12H12ClFN2O5/c1-6-4-8(18)15-11(20)16(6)10-12(14,2-3-13)9(19)7(5-17)21-10/h4,7,9-10,17,19H,5H2,1H3,(H,15,18,20)/t7-,9?,10-,12-/m1/s1/i5D2. The van der Waals surface area contributed by atoms with E-state index in [-0.39, 0.29) is 5.69 Å². The van der Waals surface area contributed by atoms with Gasteiger partial charge in [0, 0.05) is 17.1 Å². The minimum atomic E-state index is -3.11. The van der Waals surface area contributed by atoms with Crippen molar-refractivity contribution in [3.05, 3.63) is 32.6 Å². The maximum Gasteiger partial charge on any atom is 0.330 e. The molecule has 1 aromatic heterocycles. The van der Waals surface area contributed by atoms with Gasteiger partial charge < -0.3 is 14.9 Å². The van der Waals surface area contributed by atoms with Crippen molar-refractivity contribution in [2.45, 2.75) is 31.0 Å². The van der Waals surface area contributed by atoms with Crippen molar-refractivity contribution in [3.8, 4) is 11.3 Å². The van der Waals surface area contributed by atoms with Crippen LogP contribution in [-0.4, -0.2) is 44.2 Å². The average Bonchev–Trinajstić information content (AvgIpc) is 2.63. The normalized spacial score (nSPS) is 33.9. The summed E-state index contributed by atoms with van der Waals surface area (Å²) < 4.78 is 35.2. The molecule has 1 aliphatic rings. The van der Waals surface area contributed by atoms with E-state index in [0.29, 0.717) is 4.57 Å². The van der Waals surface area contributed by atoms with Crippen LogP contribution in [0.5, 0.6) is 0 Å². The zero-order valence-corrected chi connectivity index (χ0v) is 11.4. The number of ether oxygens (including phenoxy) is 1. The van der Waals surface area contributed by atoms with Crippen LogP contribution in [0, 0.1) is 18.2 Å². The van der Waals surface area contributed by atoms with Crippen molar-refractivity contribution >= 4 is 11.6 Å². The maximum absolute atomic E-state index is 15.1. The first-order valence-electron chi connectivity index (χ1n) is 6.72. The number of hydrogen-bond acceptors (Lipinski definition) is 5. The Kier molecular flexibility index (Phi) is 3.48. The summed E-state index contributed by atoms with van der Waals surface area (Å²) in [6.45, 7) is -1.80. The van der Waals surface area contributed by atoms with Crippen LogP contribution >= 0.6 is 11.6 Å². The van der Waals surface area contributed by atoms with E-state index in [0.717, 1.165) is 6.07 Å². The van der Waals surface area contributed by atoms with E-state index in [4.69, 9.17) is 19.1 Å². The third-order valence-electron chi connectivity index (χ3n) is 3.12. The lowest BCUT2D eigenvalue weighted by atomic mass is 9.97. The van der Waals surface area contributed by atoms with E-state index in [1.807, 2.05) is 10.9 Å². The molecule has 21 heavy (non-hydrogen) atoms. The Morgan fingerprint density at radius 2 is 2.38 bits per heavy atom. The van der Waals surface area contributed by atoms with E-state index < -0.39 is 41.9 Å². The smallest absolute Gasteiger partial charge is 0.330 e. The van der Waals surface area contributed by atoms with Crippen LogP contribution in [0.4, 0.5) is 4.39 Å². The highest BCUT2D eigenvalue weighted by atomic mass is 35.5. The summed E-state index contributed by atoms with van der Waals surface area (Å²) in [5.74, 6) is 1.83. The van der Waals surface area contributed by atoms with Gasteiger partial charge in [-0.3, -0.25) is 14.3 Å². The van der Waals surface area contributed by atoms with Crippen molar-refractivity contribution in [2.75, 3.05) is 6.56 Å². The van der Waals surface area contributed by atoms with Gasteiger partial charge in [-0.25, -0.2) is 9.18 Å². The van der Waals surface area contributed by atoms with Gasteiger partial charge in [0.1, 0.15) is 12.2 Å². The topological polar surface area (TPSA) is 105 Å². The largest absolute Gasteiger partial charge is 0.394 e. The molecule has 2 rings (SSSR count). The molecular weight excluding hydrogens is 307 g/mol. The molecule has 1 fully saturated rings. The van der Waals surface area contributed by atoms with E-state index in [9.17, 15) is 19.8 Å². The van der Waals surface area contributed by atoms with Gasteiger partial charge in [-0.15, -0.1) is 0 Å². The Bertz CT molecular complexity index is 796. The third kappa shape index (κ3) is 2.49. The monoisotopic (exact) mass is 320 g/mol. The zero-order valence-electron chi connectivity index (χ0n) is 12.6. The number of aromatic nitrogens is 2. The maximum atomic E-state index is 15.1. The first-order chi connectivity index (χ1) is 10.5. The van der Waals surface area contributed by atoms with Gasteiger partial charge in [0.05, 0.1) is 9.30 Å². The summed E-state index contributed by atoms with van der Waals surface area (Å²) in [5, 5.41) is 21.1. The summed E-state index contributed by atoms with van der Waals surface area (Å²) in [6, 6.07) is 0.979. The van der Waals surface area contributed by atoms with Crippen molar-refractivity contribution in [2.24, 2.45) is 0 Å². The van der Waals surface area contributed by atoms with E-state index in [1.54, 1.807) is 5.38 Å². The Labute approximate surface area is 125 Å². The second kappa shape index (κ2) is 5.61. The molecule has 0 radical (unpaired) electrons. The number of nitrogens with zero attached hydrogens (tertiary/aromatic N) is 1. The van der Waals surface area contributed by atoms with Crippen molar-refractivity contribution in [1.29, 1.82) is 0 Å². The second-order valence-electron chi connectivity index (χ2n) is 4.42.